The van der Waals surface area contributed by atoms with E-state index in [9.17, 15) is 22.9 Å². The van der Waals surface area contributed by atoms with Gasteiger partial charge in [-0.15, -0.1) is 0 Å². The fraction of sp³-hybridized carbons (Fsp3) is 0.455. The van der Waals surface area contributed by atoms with Crippen molar-refractivity contribution < 1.29 is 17.7 Å². The molecule has 0 unspecified atom stereocenters. The first-order chi connectivity index (χ1) is 9.40. The van der Waals surface area contributed by atoms with Gasteiger partial charge in [-0.05, 0) is 32.0 Å². The molecule has 0 atom stereocenters. The molecule has 0 radical (unpaired) electrons. The lowest BCUT2D eigenvalue weighted by atomic mass is 10.2. The Kier molecular flexibility index (Phi) is 4.19. The van der Waals surface area contributed by atoms with Crippen LogP contribution in [0.25, 0.3) is 0 Å². The molecular formula is C11H14FN3O4S. The maximum atomic E-state index is 13.7. The van der Waals surface area contributed by atoms with Crippen molar-refractivity contribution >= 4 is 21.4 Å². The molecule has 1 heterocycles. The standard InChI is InChI=1S/C11H14FN3O4S/c12-10-7-8(15(16)17)1-2-11(10)14-20(18,19)9-3-5-13-6-4-9/h1-2,7,9,13-14H,3-6H2. The quantitative estimate of drug-likeness (QED) is 0.643. The lowest BCUT2D eigenvalue weighted by Crippen LogP contribution is -2.38. The summed E-state index contributed by atoms with van der Waals surface area (Å²) in [6.45, 7) is 1.18. The molecule has 1 aromatic carbocycles. The first-order valence-corrected chi connectivity index (χ1v) is 7.61. The van der Waals surface area contributed by atoms with Crippen molar-refractivity contribution in [3.8, 4) is 0 Å². The summed E-state index contributed by atoms with van der Waals surface area (Å²) in [6, 6.07) is 2.82. The Morgan fingerprint density at radius 3 is 2.55 bits per heavy atom. The van der Waals surface area contributed by atoms with Crippen molar-refractivity contribution in [2.45, 2.75) is 18.1 Å². The van der Waals surface area contributed by atoms with E-state index in [1.54, 1.807) is 0 Å². The van der Waals surface area contributed by atoms with Gasteiger partial charge in [-0.25, -0.2) is 12.8 Å². The molecule has 1 fully saturated rings. The summed E-state index contributed by atoms with van der Waals surface area (Å²) in [5, 5.41) is 12.9. The smallest absolute Gasteiger partial charge is 0.272 e. The van der Waals surface area contributed by atoms with Gasteiger partial charge in [0.15, 0.2) is 5.82 Å². The molecule has 20 heavy (non-hydrogen) atoms. The van der Waals surface area contributed by atoms with Crippen LogP contribution in [-0.2, 0) is 10.0 Å². The molecule has 1 aliphatic rings. The van der Waals surface area contributed by atoms with Crippen LogP contribution >= 0.6 is 0 Å². The monoisotopic (exact) mass is 303 g/mol. The van der Waals surface area contributed by atoms with Gasteiger partial charge in [0.25, 0.3) is 5.69 Å². The molecule has 0 spiro atoms. The molecule has 1 aromatic rings. The maximum absolute atomic E-state index is 13.7. The topological polar surface area (TPSA) is 101 Å². The highest BCUT2D eigenvalue weighted by Crippen LogP contribution is 2.23. The molecule has 2 rings (SSSR count). The molecule has 2 N–H and O–H groups in total. The number of hydrogen-bond acceptors (Lipinski definition) is 5. The number of hydrogen-bond donors (Lipinski definition) is 2. The van der Waals surface area contributed by atoms with Gasteiger partial charge in [-0.1, -0.05) is 0 Å². The van der Waals surface area contributed by atoms with Crippen LogP contribution in [0.2, 0.25) is 0 Å². The van der Waals surface area contributed by atoms with E-state index < -0.39 is 31.7 Å². The zero-order chi connectivity index (χ0) is 14.8. The summed E-state index contributed by atoms with van der Waals surface area (Å²) in [4.78, 5) is 9.75. The number of sulfonamides is 1. The minimum atomic E-state index is -3.69. The average molecular weight is 303 g/mol. The molecule has 1 aliphatic heterocycles. The van der Waals surface area contributed by atoms with Gasteiger partial charge in [0, 0.05) is 6.07 Å². The third kappa shape index (κ3) is 3.23. The molecule has 7 nitrogen and oxygen atoms in total. The molecular weight excluding hydrogens is 289 g/mol. The van der Waals surface area contributed by atoms with Gasteiger partial charge in [0.2, 0.25) is 10.0 Å². The zero-order valence-electron chi connectivity index (χ0n) is 10.5. The minimum absolute atomic E-state index is 0.269. The number of nitro benzene ring substituents is 1. The van der Waals surface area contributed by atoms with Crippen LogP contribution in [0.4, 0.5) is 15.8 Å². The Bertz CT molecular complexity index is 614. The van der Waals surface area contributed by atoms with E-state index in [2.05, 4.69) is 10.0 Å². The number of anilines is 1. The van der Waals surface area contributed by atoms with Crippen LogP contribution in [0.5, 0.6) is 0 Å². The number of halogens is 1. The summed E-state index contributed by atoms with van der Waals surface area (Å²) >= 11 is 0. The van der Waals surface area contributed by atoms with Gasteiger partial charge in [-0.2, -0.15) is 0 Å². The van der Waals surface area contributed by atoms with Crippen molar-refractivity contribution in [1.29, 1.82) is 0 Å². The van der Waals surface area contributed by atoms with Crippen LogP contribution in [0.1, 0.15) is 12.8 Å². The Hall–Kier alpha value is -1.74. The molecule has 110 valence electrons. The second-order valence-electron chi connectivity index (χ2n) is 4.52. The first-order valence-electron chi connectivity index (χ1n) is 6.06. The van der Waals surface area contributed by atoms with Gasteiger partial charge in [0.1, 0.15) is 0 Å². The van der Waals surface area contributed by atoms with E-state index in [4.69, 9.17) is 0 Å². The minimum Gasteiger partial charge on any atom is -0.317 e. The highest BCUT2D eigenvalue weighted by molar-refractivity contribution is 7.93. The van der Waals surface area contributed by atoms with Crippen molar-refractivity contribution in [1.82, 2.24) is 5.32 Å². The normalized spacial score (nSPS) is 16.9. The lowest BCUT2D eigenvalue weighted by Gasteiger charge is -2.23. The van der Waals surface area contributed by atoms with Crippen LogP contribution in [0, 0.1) is 15.9 Å². The van der Waals surface area contributed by atoms with Crippen molar-refractivity contribution in [3.63, 3.8) is 0 Å². The third-order valence-corrected chi connectivity index (χ3v) is 4.99. The van der Waals surface area contributed by atoms with E-state index in [1.165, 1.54) is 0 Å². The van der Waals surface area contributed by atoms with E-state index >= 15 is 0 Å². The van der Waals surface area contributed by atoms with Crippen LogP contribution in [-0.4, -0.2) is 31.7 Å². The maximum Gasteiger partial charge on any atom is 0.272 e. The number of benzene rings is 1. The van der Waals surface area contributed by atoms with Crippen LogP contribution < -0.4 is 10.0 Å². The Labute approximate surface area is 115 Å². The SMILES string of the molecule is O=[N+]([O-])c1ccc(NS(=O)(=O)C2CCNCC2)c(F)c1. The lowest BCUT2D eigenvalue weighted by molar-refractivity contribution is -0.385. The van der Waals surface area contributed by atoms with Crippen LogP contribution in [0.3, 0.4) is 0 Å². The van der Waals surface area contributed by atoms with Gasteiger partial charge < -0.3 is 5.32 Å². The van der Waals surface area contributed by atoms with E-state index in [-0.39, 0.29) is 5.69 Å². The molecule has 0 aliphatic carbocycles. The second-order valence-corrected chi connectivity index (χ2v) is 6.48. The summed E-state index contributed by atoms with van der Waals surface area (Å²) in [5.74, 6) is -0.961. The summed E-state index contributed by atoms with van der Waals surface area (Å²) in [6.07, 6.45) is 0.897. The predicted octanol–water partition coefficient (Wildman–Crippen LogP) is 1.23. The van der Waals surface area contributed by atoms with Crippen molar-refractivity contribution in [2.75, 3.05) is 17.8 Å². The number of non-ortho nitro benzene ring substituents is 1. The number of rotatable bonds is 4. The third-order valence-electron chi connectivity index (χ3n) is 3.14. The fourth-order valence-electron chi connectivity index (χ4n) is 2.04. The Morgan fingerprint density at radius 2 is 2.00 bits per heavy atom. The molecule has 0 aromatic heterocycles. The summed E-state index contributed by atoms with van der Waals surface area (Å²) in [5.41, 5.74) is -0.693. The first kappa shape index (κ1) is 14.7. The highest BCUT2D eigenvalue weighted by atomic mass is 32.2. The molecule has 0 saturated carbocycles. The number of piperidine rings is 1. The van der Waals surface area contributed by atoms with Crippen molar-refractivity contribution in [2.24, 2.45) is 0 Å². The fourth-order valence-corrected chi connectivity index (χ4v) is 3.54. The number of nitro groups is 1. The second kappa shape index (κ2) is 5.71. The van der Waals surface area contributed by atoms with Crippen LogP contribution in [0.15, 0.2) is 18.2 Å². The zero-order valence-corrected chi connectivity index (χ0v) is 11.3. The van der Waals surface area contributed by atoms with Crippen molar-refractivity contribution in [3.05, 3.63) is 34.1 Å². The van der Waals surface area contributed by atoms with E-state index in [0.29, 0.717) is 32.0 Å². The summed E-state index contributed by atoms with van der Waals surface area (Å²) in [7, 11) is -3.69. The largest absolute Gasteiger partial charge is 0.317 e. The highest BCUT2D eigenvalue weighted by Gasteiger charge is 2.28. The summed E-state index contributed by atoms with van der Waals surface area (Å²) < 4.78 is 40.0. The molecule has 1 saturated heterocycles. The molecule has 9 heteroatoms. The Balaban J connectivity index is 2.18. The van der Waals surface area contributed by atoms with E-state index in [0.717, 1.165) is 12.1 Å². The number of nitrogens with one attached hydrogen (secondary N) is 2. The molecule has 0 bridgehead atoms. The molecule has 0 amide bonds. The average Bonchev–Trinajstić information content (AvgIpc) is 2.41. The van der Waals surface area contributed by atoms with Gasteiger partial charge >= 0.3 is 0 Å². The predicted molar refractivity (Wildman–Crippen MR) is 71.5 cm³/mol. The van der Waals surface area contributed by atoms with Gasteiger partial charge in [-0.3, -0.25) is 14.8 Å². The number of nitrogens with zero attached hydrogens (tertiary/aromatic N) is 1. The Morgan fingerprint density at radius 1 is 1.35 bits per heavy atom. The van der Waals surface area contributed by atoms with Gasteiger partial charge in [0.05, 0.1) is 21.9 Å². The van der Waals surface area contributed by atoms with E-state index in [1.807, 2.05) is 0 Å².